The smallest absolute Gasteiger partial charge is 0.119 e. The summed E-state index contributed by atoms with van der Waals surface area (Å²) in [4.78, 5) is 0. The zero-order chi connectivity index (χ0) is 15.2. The maximum absolute atomic E-state index is 5.76. The molecule has 2 nitrogen and oxygen atoms in total. The molecule has 0 amide bonds. The molecular weight excluding hydrogens is 246 g/mol. The number of rotatable bonds is 7. The quantitative estimate of drug-likeness (QED) is 0.796. The molecule has 0 aliphatic carbocycles. The number of benzene rings is 1. The van der Waals surface area contributed by atoms with Crippen LogP contribution in [0.2, 0.25) is 0 Å². The van der Waals surface area contributed by atoms with Crippen LogP contribution in [0, 0.1) is 5.41 Å². The molecule has 20 heavy (non-hydrogen) atoms. The fraction of sp³-hybridized carbons (Fsp3) is 0.667. The summed E-state index contributed by atoms with van der Waals surface area (Å²) >= 11 is 0. The van der Waals surface area contributed by atoms with E-state index in [1.54, 1.807) is 0 Å². The van der Waals surface area contributed by atoms with Crippen LogP contribution in [-0.2, 0) is 6.42 Å². The van der Waals surface area contributed by atoms with E-state index in [2.05, 4.69) is 65.1 Å². The highest BCUT2D eigenvalue weighted by Gasteiger charge is 2.23. The molecule has 1 atom stereocenters. The first kappa shape index (κ1) is 17.0. The second-order valence-corrected chi connectivity index (χ2v) is 6.83. The molecule has 0 heterocycles. The molecule has 0 spiro atoms. The summed E-state index contributed by atoms with van der Waals surface area (Å²) in [7, 11) is 0. The molecule has 1 rings (SSSR count). The molecule has 114 valence electrons. The van der Waals surface area contributed by atoms with E-state index in [1.807, 2.05) is 6.07 Å². The molecule has 0 bridgehead atoms. The van der Waals surface area contributed by atoms with Crippen LogP contribution in [-0.4, -0.2) is 18.7 Å². The number of nitrogens with one attached hydrogen (secondary N) is 1. The van der Waals surface area contributed by atoms with Gasteiger partial charge in [-0.1, -0.05) is 39.8 Å². The Morgan fingerprint density at radius 2 is 1.90 bits per heavy atom. The van der Waals surface area contributed by atoms with E-state index in [4.69, 9.17) is 4.74 Å². The van der Waals surface area contributed by atoms with E-state index in [0.29, 0.717) is 11.5 Å². The van der Waals surface area contributed by atoms with Gasteiger partial charge < -0.3 is 10.1 Å². The standard InChI is InChI=1S/C18H31NO/c1-7-19-17(18(4,5)6)12-11-15-9-8-10-16(13-15)20-14(2)3/h8-10,13-14,17,19H,7,11-12H2,1-6H3. The normalized spacial score (nSPS) is 13.6. The second kappa shape index (κ2) is 7.68. The van der Waals surface area contributed by atoms with E-state index >= 15 is 0 Å². The van der Waals surface area contributed by atoms with Crippen molar-refractivity contribution in [3.05, 3.63) is 29.8 Å². The summed E-state index contributed by atoms with van der Waals surface area (Å²) in [5.41, 5.74) is 1.65. The van der Waals surface area contributed by atoms with Crippen molar-refractivity contribution < 1.29 is 4.74 Å². The Hall–Kier alpha value is -1.02. The van der Waals surface area contributed by atoms with Crippen molar-refractivity contribution in [2.75, 3.05) is 6.54 Å². The van der Waals surface area contributed by atoms with Gasteiger partial charge in [0, 0.05) is 6.04 Å². The Kier molecular flexibility index (Phi) is 6.54. The minimum atomic E-state index is 0.231. The summed E-state index contributed by atoms with van der Waals surface area (Å²) in [5.74, 6) is 0.980. The van der Waals surface area contributed by atoms with Crippen molar-refractivity contribution in [3.8, 4) is 5.75 Å². The van der Waals surface area contributed by atoms with Crippen LogP contribution in [0.4, 0.5) is 0 Å². The van der Waals surface area contributed by atoms with Crippen LogP contribution < -0.4 is 10.1 Å². The molecule has 1 unspecified atom stereocenters. The van der Waals surface area contributed by atoms with Gasteiger partial charge in [0.05, 0.1) is 6.10 Å². The molecule has 0 radical (unpaired) electrons. The van der Waals surface area contributed by atoms with Crippen molar-refractivity contribution in [2.45, 2.75) is 66.5 Å². The fourth-order valence-corrected chi connectivity index (χ4v) is 2.45. The second-order valence-electron chi connectivity index (χ2n) is 6.83. The average Bonchev–Trinajstić information content (AvgIpc) is 2.32. The Balaban J connectivity index is 2.63. The molecule has 2 heteroatoms. The predicted octanol–water partition coefficient (Wildman–Crippen LogP) is 4.43. The highest BCUT2D eigenvalue weighted by Crippen LogP contribution is 2.24. The first-order valence-corrected chi connectivity index (χ1v) is 7.82. The first-order valence-electron chi connectivity index (χ1n) is 7.82. The van der Waals surface area contributed by atoms with E-state index in [9.17, 15) is 0 Å². The van der Waals surface area contributed by atoms with Gasteiger partial charge in [-0.15, -0.1) is 0 Å². The summed E-state index contributed by atoms with van der Waals surface area (Å²) in [5, 5.41) is 3.61. The van der Waals surface area contributed by atoms with E-state index in [0.717, 1.165) is 25.1 Å². The largest absolute Gasteiger partial charge is 0.491 e. The zero-order valence-electron chi connectivity index (χ0n) is 14.0. The molecule has 1 N–H and O–H groups in total. The predicted molar refractivity (Wildman–Crippen MR) is 87.4 cm³/mol. The molecule has 0 fully saturated rings. The SMILES string of the molecule is CCNC(CCc1cccc(OC(C)C)c1)C(C)(C)C. The van der Waals surface area contributed by atoms with Crippen molar-refractivity contribution in [1.82, 2.24) is 5.32 Å². The monoisotopic (exact) mass is 277 g/mol. The molecule has 0 saturated heterocycles. The third kappa shape index (κ3) is 5.96. The maximum Gasteiger partial charge on any atom is 0.119 e. The van der Waals surface area contributed by atoms with Crippen molar-refractivity contribution in [3.63, 3.8) is 0 Å². The first-order chi connectivity index (χ1) is 9.32. The van der Waals surface area contributed by atoms with Gasteiger partial charge in [-0.2, -0.15) is 0 Å². The van der Waals surface area contributed by atoms with Crippen LogP contribution in [0.1, 0.15) is 53.5 Å². The van der Waals surface area contributed by atoms with Gasteiger partial charge in [0.25, 0.3) is 0 Å². The Morgan fingerprint density at radius 1 is 1.20 bits per heavy atom. The van der Waals surface area contributed by atoms with Gasteiger partial charge in [0.15, 0.2) is 0 Å². The van der Waals surface area contributed by atoms with E-state index in [1.165, 1.54) is 5.56 Å². The van der Waals surface area contributed by atoms with Gasteiger partial charge in [-0.05, 0) is 56.3 Å². The molecule has 0 saturated carbocycles. The van der Waals surface area contributed by atoms with Crippen molar-refractivity contribution in [1.29, 1.82) is 0 Å². The van der Waals surface area contributed by atoms with Gasteiger partial charge in [0.1, 0.15) is 5.75 Å². The Bertz CT molecular complexity index is 393. The summed E-state index contributed by atoms with van der Waals surface area (Å²) in [6, 6.07) is 9.04. The molecule has 0 aliphatic rings. The van der Waals surface area contributed by atoms with Crippen LogP contribution in [0.5, 0.6) is 5.75 Å². The number of hydrogen-bond donors (Lipinski definition) is 1. The van der Waals surface area contributed by atoms with Gasteiger partial charge >= 0.3 is 0 Å². The molecule has 0 aromatic heterocycles. The lowest BCUT2D eigenvalue weighted by molar-refractivity contribution is 0.242. The molecule has 0 aliphatic heterocycles. The lowest BCUT2D eigenvalue weighted by Gasteiger charge is -2.31. The highest BCUT2D eigenvalue weighted by atomic mass is 16.5. The highest BCUT2D eigenvalue weighted by molar-refractivity contribution is 5.28. The van der Waals surface area contributed by atoms with Crippen LogP contribution >= 0.6 is 0 Å². The number of aryl methyl sites for hydroxylation is 1. The summed E-state index contributed by atoms with van der Waals surface area (Å²) in [6.07, 6.45) is 2.47. The van der Waals surface area contributed by atoms with Gasteiger partial charge in [-0.3, -0.25) is 0 Å². The average molecular weight is 277 g/mol. The lowest BCUT2D eigenvalue weighted by atomic mass is 9.83. The minimum absolute atomic E-state index is 0.231. The van der Waals surface area contributed by atoms with Crippen molar-refractivity contribution in [2.24, 2.45) is 5.41 Å². The van der Waals surface area contributed by atoms with Crippen molar-refractivity contribution >= 4 is 0 Å². The lowest BCUT2D eigenvalue weighted by Crippen LogP contribution is -2.40. The zero-order valence-corrected chi connectivity index (χ0v) is 14.0. The molecule has 1 aromatic carbocycles. The van der Waals surface area contributed by atoms with E-state index in [-0.39, 0.29) is 6.10 Å². The summed E-state index contributed by atoms with van der Waals surface area (Å²) < 4.78 is 5.76. The topological polar surface area (TPSA) is 21.3 Å². The third-order valence-electron chi connectivity index (χ3n) is 3.49. The molecule has 1 aromatic rings. The van der Waals surface area contributed by atoms with Crippen LogP contribution in [0.3, 0.4) is 0 Å². The Labute approximate surface area is 124 Å². The minimum Gasteiger partial charge on any atom is -0.491 e. The molecular formula is C18H31NO. The summed E-state index contributed by atoms with van der Waals surface area (Å²) in [6.45, 7) is 14.2. The fourth-order valence-electron chi connectivity index (χ4n) is 2.45. The maximum atomic E-state index is 5.76. The van der Waals surface area contributed by atoms with Gasteiger partial charge in [-0.25, -0.2) is 0 Å². The van der Waals surface area contributed by atoms with E-state index < -0.39 is 0 Å². The number of ether oxygens (including phenoxy) is 1. The van der Waals surface area contributed by atoms with Crippen LogP contribution in [0.15, 0.2) is 24.3 Å². The van der Waals surface area contributed by atoms with Crippen LogP contribution in [0.25, 0.3) is 0 Å². The number of hydrogen-bond acceptors (Lipinski definition) is 2. The van der Waals surface area contributed by atoms with Gasteiger partial charge in [0.2, 0.25) is 0 Å². The Morgan fingerprint density at radius 3 is 2.45 bits per heavy atom. The third-order valence-corrected chi connectivity index (χ3v) is 3.49.